The molecule has 0 aliphatic heterocycles. The number of benzene rings is 2. The van der Waals surface area contributed by atoms with Crippen molar-refractivity contribution in [2.75, 3.05) is 11.9 Å². The number of non-ortho nitro benzene ring substituents is 1. The van der Waals surface area contributed by atoms with Gasteiger partial charge in [-0.15, -0.1) is 0 Å². The molecular formula is C16H11ClN4O5. The molecule has 0 spiro atoms. The van der Waals surface area contributed by atoms with Crippen LogP contribution in [0.25, 0.3) is 10.9 Å². The second-order valence-corrected chi connectivity index (χ2v) is 5.62. The number of nitrogens with one attached hydrogen (secondary N) is 2. The summed E-state index contributed by atoms with van der Waals surface area (Å²) < 4.78 is 4.95. The van der Waals surface area contributed by atoms with Crippen LogP contribution in [0.1, 0.15) is 10.4 Å². The van der Waals surface area contributed by atoms with Crippen molar-refractivity contribution in [1.29, 1.82) is 0 Å². The van der Waals surface area contributed by atoms with E-state index < -0.39 is 23.4 Å². The van der Waals surface area contributed by atoms with E-state index in [4.69, 9.17) is 16.3 Å². The number of carbonyl (C=O) groups excluding carboxylic acids is 2. The van der Waals surface area contributed by atoms with Gasteiger partial charge in [-0.05, 0) is 18.2 Å². The number of aromatic amines is 1. The van der Waals surface area contributed by atoms with E-state index in [1.54, 1.807) is 24.4 Å². The number of rotatable bonds is 5. The number of anilines is 1. The van der Waals surface area contributed by atoms with Crippen LogP contribution in [0.3, 0.4) is 0 Å². The quantitative estimate of drug-likeness (QED) is 0.401. The minimum Gasteiger partial charge on any atom is -0.452 e. The van der Waals surface area contributed by atoms with Crippen molar-refractivity contribution in [1.82, 2.24) is 10.2 Å². The molecule has 9 nitrogen and oxygen atoms in total. The predicted octanol–water partition coefficient (Wildman–Crippen LogP) is 2.92. The van der Waals surface area contributed by atoms with Crippen molar-refractivity contribution in [3.05, 3.63) is 63.3 Å². The van der Waals surface area contributed by atoms with E-state index in [0.717, 1.165) is 11.5 Å². The summed E-state index contributed by atoms with van der Waals surface area (Å²) >= 11 is 5.88. The highest BCUT2D eigenvalue weighted by atomic mass is 35.5. The molecule has 132 valence electrons. The molecule has 0 bridgehead atoms. The molecule has 0 radical (unpaired) electrons. The second-order valence-electron chi connectivity index (χ2n) is 5.22. The molecule has 2 aromatic carbocycles. The number of aromatic nitrogens is 2. The fourth-order valence-corrected chi connectivity index (χ4v) is 2.41. The largest absolute Gasteiger partial charge is 0.452 e. The SMILES string of the molecule is O=C(COC(=O)c1ccc2cn[nH]c2c1)Nc1ccc([N+](=O)[O-])cc1Cl. The predicted molar refractivity (Wildman–Crippen MR) is 93.1 cm³/mol. The Morgan fingerprint density at radius 1 is 1.27 bits per heavy atom. The summed E-state index contributed by atoms with van der Waals surface area (Å²) in [5, 5.41) is 20.5. The summed E-state index contributed by atoms with van der Waals surface area (Å²) in [4.78, 5) is 34.0. The van der Waals surface area contributed by atoms with Gasteiger partial charge in [0.1, 0.15) is 0 Å². The Labute approximate surface area is 151 Å². The second kappa shape index (κ2) is 7.19. The van der Waals surface area contributed by atoms with Gasteiger partial charge in [-0.3, -0.25) is 20.0 Å². The molecule has 1 amide bonds. The van der Waals surface area contributed by atoms with Gasteiger partial charge in [-0.1, -0.05) is 17.7 Å². The Kier molecular flexibility index (Phi) is 4.81. The summed E-state index contributed by atoms with van der Waals surface area (Å²) in [5.74, 6) is -1.30. The molecule has 3 aromatic rings. The molecule has 0 fully saturated rings. The molecule has 0 atom stereocenters. The van der Waals surface area contributed by atoms with Gasteiger partial charge in [0.25, 0.3) is 11.6 Å². The number of carbonyl (C=O) groups is 2. The van der Waals surface area contributed by atoms with Crippen LogP contribution in [0.4, 0.5) is 11.4 Å². The van der Waals surface area contributed by atoms with Crippen molar-refractivity contribution in [3.8, 4) is 0 Å². The lowest BCUT2D eigenvalue weighted by atomic mass is 10.2. The standard InChI is InChI=1S/C16H11ClN4O5/c17-12-6-11(21(24)25)3-4-13(12)19-15(22)8-26-16(23)9-1-2-10-7-18-20-14(10)5-9/h1-7H,8H2,(H,18,20)(H,19,22). The number of hydrogen-bond acceptors (Lipinski definition) is 6. The van der Waals surface area contributed by atoms with E-state index in [1.807, 2.05) is 0 Å². The zero-order chi connectivity index (χ0) is 18.7. The number of nitro benzene ring substituents is 1. The number of ether oxygens (including phenoxy) is 1. The Bertz CT molecular complexity index is 1020. The number of fused-ring (bicyclic) bond motifs is 1. The van der Waals surface area contributed by atoms with E-state index in [-0.39, 0.29) is 22.0 Å². The van der Waals surface area contributed by atoms with Crippen molar-refractivity contribution in [2.24, 2.45) is 0 Å². The van der Waals surface area contributed by atoms with Crippen LogP contribution in [-0.2, 0) is 9.53 Å². The van der Waals surface area contributed by atoms with E-state index in [1.165, 1.54) is 12.1 Å². The fraction of sp³-hybridized carbons (Fsp3) is 0.0625. The van der Waals surface area contributed by atoms with Crippen LogP contribution < -0.4 is 5.32 Å². The Morgan fingerprint density at radius 2 is 2.08 bits per heavy atom. The molecule has 0 saturated carbocycles. The smallest absolute Gasteiger partial charge is 0.338 e. The van der Waals surface area contributed by atoms with E-state index in [2.05, 4.69) is 15.5 Å². The molecule has 2 N–H and O–H groups in total. The topological polar surface area (TPSA) is 127 Å². The van der Waals surface area contributed by atoms with Crippen molar-refractivity contribution < 1.29 is 19.2 Å². The molecule has 0 aliphatic rings. The van der Waals surface area contributed by atoms with E-state index in [9.17, 15) is 19.7 Å². The van der Waals surface area contributed by atoms with E-state index >= 15 is 0 Å². The first-order valence-corrected chi connectivity index (χ1v) is 7.66. The molecule has 26 heavy (non-hydrogen) atoms. The Morgan fingerprint density at radius 3 is 2.81 bits per heavy atom. The van der Waals surface area contributed by atoms with Gasteiger partial charge in [0, 0.05) is 17.5 Å². The number of halogens is 1. The summed E-state index contributed by atoms with van der Waals surface area (Å²) in [5.41, 5.74) is 0.912. The molecular weight excluding hydrogens is 364 g/mol. The van der Waals surface area contributed by atoms with Crippen LogP contribution in [0.2, 0.25) is 5.02 Å². The monoisotopic (exact) mass is 374 g/mol. The fourth-order valence-electron chi connectivity index (χ4n) is 2.18. The van der Waals surface area contributed by atoms with Gasteiger partial charge in [0.15, 0.2) is 6.61 Å². The van der Waals surface area contributed by atoms with Gasteiger partial charge in [0.05, 0.1) is 32.9 Å². The van der Waals surface area contributed by atoms with Crippen LogP contribution in [0.5, 0.6) is 0 Å². The third-order valence-electron chi connectivity index (χ3n) is 3.45. The zero-order valence-electron chi connectivity index (χ0n) is 13.1. The van der Waals surface area contributed by atoms with Crippen LogP contribution >= 0.6 is 11.6 Å². The summed E-state index contributed by atoms with van der Waals surface area (Å²) in [7, 11) is 0. The highest BCUT2D eigenvalue weighted by Crippen LogP contribution is 2.26. The molecule has 0 saturated heterocycles. The third-order valence-corrected chi connectivity index (χ3v) is 3.76. The summed E-state index contributed by atoms with van der Waals surface area (Å²) in [6.07, 6.45) is 1.62. The molecule has 0 unspecified atom stereocenters. The maximum absolute atomic E-state index is 12.0. The number of hydrogen-bond donors (Lipinski definition) is 2. The number of nitro groups is 1. The number of amides is 1. The maximum Gasteiger partial charge on any atom is 0.338 e. The lowest BCUT2D eigenvalue weighted by Crippen LogP contribution is -2.21. The first-order valence-electron chi connectivity index (χ1n) is 7.28. The Hall–Kier alpha value is -3.46. The number of esters is 1. The lowest BCUT2D eigenvalue weighted by molar-refractivity contribution is -0.384. The molecule has 10 heteroatoms. The highest BCUT2D eigenvalue weighted by Gasteiger charge is 2.14. The summed E-state index contributed by atoms with van der Waals surface area (Å²) in [6, 6.07) is 8.44. The minimum absolute atomic E-state index is 0.00331. The van der Waals surface area contributed by atoms with Gasteiger partial charge < -0.3 is 10.1 Å². The van der Waals surface area contributed by atoms with E-state index in [0.29, 0.717) is 5.52 Å². The highest BCUT2D eigenvalue weighted by molar-refractivity contribution is 6.34. The van der Waals surface area contributed by atoms with Crippen molar-refractivity contribution in [2.45, 2.75) is 0 Å². The number of H-pyrrole nitrogens is 1. The molecule has 1 aromatic heterocycles. The maximum atomic E-state index is 12.0. The summed E-state index contributed by atoms with van der Waals surface area (Å²) in [6.45, 7) is -0.535. The normalized spacial score (nSPS) is 10.5. The van der Waals surface area contributed by atoms with Gasteiger partial charge in [0.2, 0.25) is 0 Å². The lowest BCUT2D eigenvalue weighted by Gasteiger charge is -2.08. The van der Waals surface area contributed by atoms with Crippen LogP contribution in [0, 0.1) is 10.1 Å². The van der Waals surface area contributed by atoms with Gasteiger partial charge >= 0.3 is 5.97 Å². The zero-order valence-corrected chi connectivity index (χ0v) is 13.8. The first-order chi connectivity index (χ1) is 12.4. The third kappa shape index (κ3) is 3.78. The minimum atomic E-state index is -0.675. The number of nitrogens with zero attached hydrogens (tertiary/aromatic N) is 2. The van der Waals surface area contributed by atoms with Crippen molar-refractivity contribution >= 4 is 45.8 Å². The Balaban J connectivity index is 1.59. The molecule has 0 aliphatic carbocycles. The molecule has 1 heterocycles. The average Bonchev–Trinajstić information content (AvgIpc) is 3.09. The average molecular weight is 375 g/mol. The van der Waals surface area contributed by atoms with Crippen LogP contribution in [0.15, 0.2) is 42.6 Å². The van der Waals surface area contributed by atoms with Crippen LogP contribution in [-0.4, -0.2) is 33.6 Å². The van der Waals surface area contributed by atoms with Crippen molar-refractivity contribution in [3.63, 3.8) is 0 Å². The van der Waals surface area contributed by atoms with Gasteiger partial charge in [-0.2, -0.15) is 5.10 Å². The van der Waals surface area contributed by atoms with Gasteiger partial charge in [-0.25, -0.2) is 4.79 Å². The first kappa shape index (κ1) is 17.4. The molecule has 3 rings (SSSR count).